The molecule has 3 aromatic carbocycles. The van der Waals surface area contributed by atoms with Gasteiger partial charge in [-0.2, -0.15) is 0 Å². The van der Waals surface area contributed by atoms with Crippen LogP contribution in [0.5, 0.6) is 11.5 Å². The molecular formula is C29H29NO4. The minimum atomic E-state index is -0.993. The molecule has 0 aliphatic rings. The third kappa shape index (κ3) is 5.67. The number of carboxylic acid groups (broad SMARTS) is 1. The molecule has 4 rings (SSSR count). The number of allylic oxidation sites excluding steroid dienone is 1. The Morgan fingerprint density at radius 3 is 2.47 bits per heavy atom. The predicted octanol–water partition coefficient (Wildman–Crippen LogP) is 6.14. The van der Waals surface area contributed by atoms with Gasteiger partial charge in [0.1, 0.15) is 18.1 Å². The molecule has 0 saturated heterocycles. The summed E-state index contributed by atoms with van der Waals surface area (Å²) in [4.78, 5) is 11.8. The lowest BCUT2D eigenvalue weighted by Crippen LogP contribution is -2.29. The molecular weight excluding hydrogens is 426 g/mol. The number of benzene rings is 3. The molecule has 0 amide bonds. The van der Waals surface area contributed by atoms with Crippen LogP contribution in [0.15, 0.2) is 85.1 Å². The molecule has 0 saturated carbocycles. The molecule has 0 bridgehead atoms. The highest BCUT2D eigenvalue weighted by Crippen LogP contribution is 2.23. The minimum absolute atomic E-state index is 0.262. The topological polar surface area (TPSA) is 60.7 Å². The fourth-order valence-corrected chi connectivity index (χ4v) is 3.96. The molecule has 1 atom stereocenters. The van der Waals surface area contributed by atoms with Gasteiger partial charge in [-0.25, -0.2) is 4.79 Å². The second-order valence-corrected chi connectivity index (χ2v) is 8.23. The van der Waals surface area contributed by atoms with Crippen LogP contribution in [0.3, 0.4) is 0 Å². The monoisotopic (exact) mass is 455 g/mol. The Kier molecular flexibility index (Phi) is 7.33. The van der Waals surface area contributed by atoms with E-state index >= 15 is 0 Å². The summed E-state index contributed by atoms with van der Waals surface area (Å²) in [5, 5.41) is 11.8. The van der Waals surface area contributed by atoms with E-state index in [0.29, 0.717) is 12.4 Å². The number of carbonyl (C=O) groups is 1. The normalized spacial score (nSPS) is 12.2. The molecule has 0 aliphatic carbocycles. The molecule has 0 aliphatic heterocycles. The number of aryl methyl sites for hydroxylation is 1. The van der Waals surface area contributed by atoms with Crippen molar-refractivity contribution in [3.63, 3.8) is 0 Å². The molecule has 1 N–H and O–H groups in total. The Bertz CT molecular complexity index is 1290. The van der Waals surface area contributed by atoms with Crippen LogP contribution in [0.4, 0.5) is 0 Å². The lowest BCUT2D eigenvalue weighted by Gasteiger charge is -2.16. The lowest BCUT2D eigenvalue weighted by atomic mass is 10.1. The number of carboxylic acids is 1. The highest BCUT2D eigenvalue weighted by molar-refractivity contribution is 5.84. The first-order valence-electron chi connectivity index (χ1n) is 11.4. The molecule has 1 heterocycles. The van der Waals surface area contributed by atoms with Crippen molar-refractivity contribution in [3.05, 3.63) is 102 Å². The highest BCUT2D eigenvalue weighted by Gasteiger charge is 2.20. The van der Waals surface area contributed by atoms with Gasteiger partial charge < -0.3 is 19.1 Å². The Morgan fingerprint density at radius 1 is 1.00 bits per heavy atom. The third-order valence-electron chi connectivity index (χ3n) is 5.76. The number of aromatic nitrogens is 1. The van der Waals surface area contributed by atoms with Gasteiger partial charge in [0.15, 0.2) is 6.10 Å². The Labute approximate surface area is 199 Å². The Morgan fingerprint density at radius 2 is 1.74 bits per heavy atom. The van der Waals surface area contributed by atoms with E-state index in [9.17, 15) is 9.90 Å². The average molecular weight is 456 g/mol. The minimum Gasteiger partial charge on any atom is -0.492 e. The van der Waals surface area contributed by atoms with Crippen molar-refractivity contribution in [2.45, 2.75) is 32.9 Å². The smallest absolute Gasteiger partial charge is 0.345 e. The van der Waals surface area contributed by atoms with Crippen molar-refractivity contribution in [1.29, 1.82) is 0 Å². The molecule has 0 fully saturated rings. The van der Waals surface area contributed by atoms with E-state index in [0.717, 1.165) is 28.6 Å². The van der Waals surface area contributed by atoms with Crippen molar-refractivity contribution in [3.8, 4) is 11.5 Å². The second-order valence-electron chi connectivity index (χ2n) is 8.23. The fourth-order valence-electron chi connectivity index (χ4n) is 3.96. The molecule has 4 aromatic rings. The van der Waals surface area contributed by atoms with Crippen LogP contribution >= 0.6 is 0 Å². The van der Waals surface area contributed by atoms with Crippen LogP contribution in [0.25, 0.3) is 16.8 Å². The first-order valence-corrected chi connectivity index (χ1v) is 11.4. The van der Waals surface area contributed by atoms with Gasteiger partial charge in [0.25, 0.3) is 0 Å². The first-order chi connectivity index (χ1) is 16.5. The van der Waals surface area contributed by atoms with Gasteiger partial charge in [0.05, 0.1) is 6.54 Å². The molecule has 5 nitrogen and oxygen atoms in total. The van der Waals surface area contributed by atoms with Gasteiger partial charge in [0, 0.05) is 18.3 Å². The van der Waals surface area contributed by atoms with Crippen molar-refractivity contribution in [2.75, 3.05) is 6.61 Å². The van der Waals surface area contributed by atoms with E-state index in [-0.39, 0.29) is 6.42 Å². The number of nitrogens with zero attached hydrogens (tertiary/aromatic N) is 1. The van der Waals surface area contributed by atoms with E-state index in [1.165, 1.54) is 11.3 Å². The summed E-state index contributed by atoms with van der Waals surface area (Å²) >= 11 is 0. The molecule has 0 radical (unpaired) electrons. The van der Waals surface area contributed by atoms with E-state index in [1.54, 1.807) is 0 Å². The maximum atomic E-state index is 11.8. The maximum absolute atomic E-state index is 11.8. The van der Waals surface area contributed by atoms with E-state index in [2.05, 4.69) is 29.8 Å². The van der Waals surface area contributed by atoms with E-state index in [1.807, 2.05) is 79.7 Å². The number of aliphatic carboxylic acids is 1. The average Bonchev–Trinajstić information content (AvgIpc) is 3.19. The first kappa shape index (κ1) is 23.2. The lowest BCUT2D eigenvalue weighted by molar-refractivity contribution is -0.145. The number of hydrogen-bond donors (Lipinski definition) is 1. The summed E-state index contributed by atoms with van der Waals surface area (Å²) in [6.45, 7) is 5.40. The van der Waals surface area contributed by atoms with Crippen LogP contribution in [-0.4, -0.2) is 28.4 Å². The zero-order valence-corrected chi connectivity index (χ0v) is 19.5. The van der Waals surface area contributed by atoms with Crippen LogP contribution in [0, 0.1) is 6.92 Å². The number of ether oxygens (including phenoxy) is 2. The van der Waals surface area contributed by atoms with Gasteiger partial charge in [0.2, 0.25) is 0 Å². The van der Waals surface area contributed by atoms with Gasteiger partial charge in [-0.1, -0.05) is 48.5 Å². The summed E-state index contributed by atoms with van der Waals surface area (Å²) in [7, 11) is 0. The summed E-state index contributed by atoms with van der Waals surface area (Å²) in [6, 6.07) is 23.2. The van der Waals surface area contributed by atoms with Gasteiger partial charge in [-0.05, 0) is 72.2 Å². The largest absolute Gasteiger partial charge is 0.492 e. The summed E-state index contributed by atoms with van der Waals surface area (Å²) in [5.74, 6) is 0.304. The number of hydrogen-bond acceptors (Lipinski definition) is 3. The van der Waals surface area contributed by atoms with E-state index < -0.39 is 12.1 Å². The summed E-state index contributed by atoms with van der Waals surface area (Å²) in [6.07, 6.45) is 5.49. The van der Waals surface area contributed by atoms with Crippen LogP contribution in [0.2, 0.25) is 0 Å². The van der Waals surface area contributed by atoms with E-state index in [4.69, 9.17) is 9.47 Å². The van der Waals surface area contributed by atoms with Crippen LogP contribution in [0.1, 0.15) is 23.7 Å². The van der Waals surface area contributed by atoms with Crippen molar-refractivity contribution < 1.29 is 19.4 Å². The molecule has 34 heavy (non-hydrogen) atoms. The standard InChI is InChI=1S/C29H29NO4/c1-3-6-27-21(2)15-16-30(27)17-18-33-25-12-9-22(10-13-25)19-28(29(31)32)34-26-14-11-23-7-4-5-8-24(23)20-26/h3-16,20,28H,17-19H2,1-2H3,(H,31,32)/b6-3-. The molecule has 1 unspecified atom stereocenters. The summed E-state index contributed by atoms with van der Waals surface area (Å²) < 4.78 is 13.9. The Hall–Kier alpha value is -3.99. The molecule has 5 heteroatoms. The quantitative estimate of drug-likeness (QED) is 0.312. The molecule has 0 spiro atoms. The predicted molar refractivity (Wildman–Crippen MR) is 136 cm³/mol. The second kappa shape index (κ2) is 10.8. The third-order valence-corrected chi connectivity index (χ3v) is 5.76. The van der Waals surface area contributed by atoms with Gasteiger partial charge >= 0.3 is 5.97 Å². The zero-order chi connectivity index (χ0) is 23.9. The molecule has 1 aromatic heterocycles. The van der Waals surface area contributed by atoms with Gasteiger partial charge in [-0.3, -0.25) is 0 Å². The highest BCUT2D eigenvalue weighted by atomic mass is 16.5. The number of fused-ring (bicyclic) bond motifs is 1. The SMILES string of the molecule is C/C=C\c1c(C)ccn1CCOc1ccc(CC(Oc2ccc3ccccc3c2)C(=O)O)cc1. The fraction of sp³-hybridized carbons (Fsp3) is 0.207. The van der Waals surface area contributed by atoms with Crippen LogP contribution < -0.4 is 9.47 Å². The molecule has 174 valence electrons. The Balaban J connectivity index is 1.35. The zero-order valence-electron chi connectivity index (χ0n) is 19.5. The van der Waals surface area contributed by atoms with Crippen molar-refractivity contribution in [1.82, 2.24) is 4.57 Å². The maximum Gasteiger partial charge on any atom is 0.345 e. The summed E-state index contributed by atoms with van der Waals surface area (Å²) in [5.41, 5.74) is 3.30. The van der Waals surface area contributed by atoms with Crippen molar-refractivity contribution in [2.24, 2.45) is 0 Å². The van der Waals surface area contributed by atoms with Crippen molar-refractivity contribution >= 4 is 22.8 Å². The number of rotatable bonds is 10. The van der Waals surface area contributed by atoms with Gasteiger partial charge in [-0.15, -0.1) is 0 Å². The van der Waals surface area contributed by atoms with Crippen LogP contribution in [-0.2, 0) is 17.8 Å².